The molecule has 1 aliphatic heterocycles. The van der Waals surface area contributed by atoms with E-state index in [9.17, 15) is 18.4 Å². The molecule has 0 unspecified atom stereocenters. The molecular weight excluding hydrogens is 368 g/mol. The Hall–Kier alpha value is -3.55. The molecule has 142 valence electrons. The zero-order valence-corrected chi connectivity index (χ0v) is 14.8. The van der Waals surface area contributed by atoms with Gasteiger partial charge in [-0.3, -0.25) is 14.5 Å². The number of rotatable bonds is 4. The maximum atomic E-state index is 14.2. The topological polar surface area (TPSA) is 64.4 Å². The highest BCUT2D eigenvalue weighted by Gasteiger charge is 2.51. The molecule has 4 rings (SSSR count). The van der Waals surface area contributed by atoms with Gasteiger partial charge in [-0.25, -0.2) is 4.98 Å². The minimum absolute atomic E-state index is 0.00170. The van der Waals surface area contributed by atoms with Crippen LogP contribution in [0.5, 0.6) is 5.75 Å². The summed E-state index contributed by atoms with van der Waals surface area (Å²) in [5.74, 6) is -2.19. The van der Waals surface area contributed by atoms with Gasteiger partial charge in [-0.15, -0.1) is 0 Å². The van der Waals surface area contributed by atoms with Crippen LogP contribution in [0.4, 0.5) is 14.5 Å². The largest absolute Gasteiger partial charge is 0.483 e. The number of amides is 1. The zero-order chi connectivity index (χ0) is 19.9. The first-order valence-electron chi connectivity index (χ1n) is 8.47. The van der Waals surface area contributed by atoms with Crippen LogP contribution in [0.3, 0.4) is 0 Å². The summed E-state index contributed by atoms with van der Waals surface area (Å²) in [6, 6.07) is 11.5. The molecule has 8 heteroatoms. The van der Waals surface area contributed by atoms with Gasteiger partial charge >= 0.3 is 12.0 Å². The Morgan fingerprint density at radius 2 is 2.00 bits per heavy atom. The average molecular weight is 383 g/mol. The number of ketones is 1. The second kappa shape index (κ2) is 6.56. The number of hydrogen-bond donors (Lipinski definition) is 0. The number of para-hydroxylation sites is 1. The summed E-state index contributed by atoms with van der Waals surface area (Å²) in [5.41, 5.74) is 1.55. The molecule has 6 nitrogen and oxygen atoms in total. The van der Waals surface area contributed by atoms with E-state index < -0.39 is 17.8 Å². The third-order valence-corrected chi connectivity index (χ3v) is 4.44. The van der Waals surface area contributed by atoms with Crippen molar-refractivity contribution in [2.45, 2.75) is 19.6 Å². The first-order chi connectivity index (χ1) is 13.4. The van der Waals surface area contributed by atoms with Gasteiger partial charge in [0.2, 0.25) is 0 Å². The van der Waals surface area contributed by atoms with Gasteiger partial charge in [0.25, 0.3) is 0 Å². The summed E-state index contributed by atoms with van der Waals surface area (Å²) in [6.07, 6.45) is 0.932. The van der Waals surface area contributed by atoms with Crippen molar-refractivity contribution in [1.82, 2.24) is 9.55 Å². The summed E-state index contributed by atoms with van der Waals surface area (Å²) >= 11 is 0. The predicted octanol–water partition coefficient (Wildman–Crippen LogP) is 3.59. The number of fused-ring (bicyclic) bond motifs is 1. The Kier molecular flexibility index (Phi) is 4.18. The molecule has 1 aromatic heterocycles. The first kappa shape index (κ1) is 17.8. The number of aromatic nitrogens is 2. The molecule has 28 heavy (non-hydrogen) atoms. The van der Waals surface area contributed by atoms with Crippen LogP contribution in [0.25, 0.3) is 5.69 Å². The Labute approximate surface area is 159 Å². The minimum atomic E-state index is -4.06. The van der Waals surface area contributed by atoms with E-state index >= 15 is 0 Å². The van der Waals surface area contributed by atoms with Gasteiger partial charge in [0, 0.05) is 18.1 Å². The van der Waals surface area contributed by atoms with Crippen LogP contribution < -0.4 is 9.64 Å². The van der Waals surface area contributed by atoms with Gasteiger partial charge in [0.1, 0.15) is 0 Å². The van der Waals surface area contributed by atoms with Crippen LogP contribution in [-0.4, -0.2) is 27.4 Å². The second-order valence-corrected chi connectivity index (χ2v) is 6.36. The minimum Gasteiger partial charge on any atom is -0.422 e. The smallest absolute Gasteiger partial charge is 0.422 e. The molecule has 0 spiro atoms. The Morgan fingerprint density at radius 1 is 1.21 bits per heavy atom. The van der Waals surface area contributed by atoms with E-state index in [1.54, 1.807) is 41.5 Å². The van der Waals surface area contributed by atoms with Crippen LogP contribution >= 0.6 is 0 Å². The molecule has 3 aromatic rings. The van der Waals surface area contributed by atoms with Gasteiger partial charge in [0.05, 0.1) is 24.1 Å². The third-order valence-electron chi connectivity index (χ3n) is 4.44. The van der Waals surface area contributed by atoms with Crippen molar-refractivity contribution in [2.75, 3.05) is 4.90 Å². The number of hydrogen-bond acceptors (Lipinski definition) is 4. The molecule has 0 aliphatic carbocycles. The lowest BCUT2D eigenvalue weighted by Crippen LogP contribution is -2.50. The van der Waals surface area contributed by atoms with Gasteiger partial charge in [0.15, 0.2) is 11.5 Å². The number of carbonyl (C=O) groups excluding carboxylic acids is 2. The predicted molar refractivity (Wildman–Crippen MR) is 96.8 cm³/mol. The first-order valence-corrected chi connectivity index (χ1v) is 8.47. The molecule has 0 fully saturated rings. The highest BCUT2D eigenvalue weighted by molar-refractivity contribution is 6.05. The maximum Gasteiger partial charge on any atom is 0.483 e. The van der Waals surface area contributed by atoms with Crippen LogP contribution in [0.1, 0.15) is 22.8 Å². The molecule has 0 radical (unpaired) electrons. The van der Waals surface area contributed by atoms with E-state index in [0.29, 0.717) is 5.56 Å². The number of anilines is 1. The van der Waals surface area contributed by atoms with Crippen molar-refractivity contribution in [3.8, 4) is 11.4 Å². The van der Waals surface area contributed by atoms with Gasteiger partial charge in [-0.1, -0.05) is 18.2 Å². The van der Waals surface area contributed by atoms with Crippen molar-refractivity contribution in [3.63, 3.8) is 0 Å². The van der Waals surface area contributed by atoms with Crippen molar-refractivity contribution in [1.29, 1.82) is 0 Å². The number of halogens is 2. The molecule has 2 heterocycles. The van der Waals surface area contributed by atoms with E-state index in [2.05, 4.69) is 9.72 Å². The lowest BCUT2D eigenvalue weighted by molar-refractivity contribution is -0.193. The number of alkyl halides is 2. The van der Waals surface area contributed by atoms with E-state index in [-0.39, 0.29) is 23.5 Å². The lowest BCUT2D eigenvalue weighted by Gasteiger charge is -2.34. The van der Waals surface area contributed by atoms with Gasteiger partial charge < -0.3 is 9.30 Å². The van der Waals surface area contributed by atoms with Crippen molar-refractivity contribution in [2.24, 2.45) is 0 Å². The Balaban J connectivity index is 1.76. The average Bonchev–Trinajstić information content (AvgIpc) is 3.20. The Morgan fingerprint density at radius 3 is 2.71 bits per heavy atom. The van der Waals surface area contributed by atoms with Crippen molar-refractivity contribution < 1.29 is 23.1 Å². The van der Waals surface area contributed by atoms with E-state index in [4.69, 9.17) is 0 Å². The van der Waals surface area contributed by atoms with Crippen LogP contribution in [0.2, 0.25) is 0 Å². The zero-order valence-electron chi connectivity index (χ0n) is 14.8. The molecule has 0 saturated heterocycles. The molecule has 1 aliphatic rings. The highest BCUT2D eigenvalue weighted by atomic mass is 19.3. The fourth-order valence-electron chi connectivity index (χ4n) is 3.13. The fraction of sp³-hybridized carbons (Fsp3) is 0.150. The Bertz CT molecular complexity index is 1060. The number of ether oxygens (including phenoxy) is 1. The molecule has 0 bridgehead atoms. The van der Waals surface area contributed by atoms with Crippen molar-refractivity contribution >= 4 is 17.4 Å². The SMILES string of the molecule is CC(=O)c1cccc2c1OC(F)(F)C(=O)N2Cc1cccc(-n2ccnc2)c1. The summed E-state index contributed by atoms with van der Waals surface area (Å²) in [6.45, 7) is 1.15. The van der Waals surface area contributed by atoms with Crippen molar-refractivity contribution in [3.05, 3.63) is 72.3 Å². The number of imidazole rings is 1. The summed E-state index contributed by atoms with van der Waals surface area (Å²) in [4.78, 5) is 29.1. The summed E-state index contributed by atoms with van der Waals surface area (Å²) in [5, 5.41) is 0. The summed E-state index contributed by atoms with van der Waals surface area (Å²) in [7, 11) is 0. The monoisotopic (exact) mass is 383 g/mol. The normalized spacial score (nSPS) is 15.1. The molecule has 1 amide bonds. The van der Waals surface area contributed by atoms with Crippen LogP contribution in [0, 0.1) is 0 Å². The van der Waals surface area contributed by atoms with E-state index in [1.165, 1.54) is 25.1 Å². The molecular formula is C20H15F2N3O3. The van der Waals surface area contributed by atoms with Crippen LogP contribution in [-0.2, 0) is 11.3 Å². The molecule has 0 N–H and O–H groups in total. The molecule has 0 saturated carbocycles. The number of Topliss-reactive ketones (excluding diaryl/α,β-unsaturated/α-hetero) is 1. The fourth-order valence-corrected chi connectivity index (χ4v) is 3.13. The summed E-state index contributed by atoms with van der Waals surface area (Å²) < 4.78 is 34.9. The molecule has 2 aromatic carbocycles. The van der Waals surface area contributed by atoms with Crippen LogP contribution in [0.15, 0.2) is 61.2 Å². The van der Waals surface area contributed by atoms with Gasteiger partial charge in [-0.05, 0) is 36.8 Å². The molecule has 0 atom stereocenters. The number of nitrogens with zero attached hydrogens (tertiary/aromatic N) is 3. The quantitative estimate of drug-likeness (QED) is 0.646. The van der Waals surface area contributed by atoms with E-state index in [1.807, 2.05) is 6.07 Å². The lowest BCUT2D eigenvalue weighted by atomic mass is 10.1. The highest BCUT2D eigenvalue weighted by Crippen LogP contribution is 2.42. The maximum absolute atomic E-state index is 14.2. The number of carbonyl (C=O) groups is 2. The second-order valence-electron chi connectivity index (χ2n) is 6.36. The number of benzene rings is 2. The standard InChI is InChI=1S/C20H15F2N3O3/c1-13(26)16-6-3-7-17-18(16)28-20(21,22)19(27)25(17)11-14-4-2-5-15(10-14)24-9-8-23-12-24/h2-10,12H,11H2,1H3. The van der Waals surface area contributed by atoms with Gasteiger partial charge in [-0.2, -0.15) is 8.78 Å². The third kappa shape index (κ3) is 3.02. The van der Waals surface area contributed by atoms with E-state index in [0.717, 1.165) is 10.6 Å².